The first-order valence-electron chi connectivity index (χ1n) is 10.3. The molecule has 1 heterocycles. The number of pyridine rings is 1. The molecule has 0 atom stereocenters. The molecule has 5 nitrogen and oxygen atoms in total. The lowest BCUT2D eigenvalue weighted by Crippen LogP contribution is -2.39. The maximum absolute atomic E-state index is 5.97. The maximum Gasteiger partial charge on any atom is 0.190 e. The van der Waals surface area contributed by atoms with E-state index in [-0.39, 0.29) is 0 Å². The van der Waals surface area contributed by atoms with Crippen molar-refractivity contribution in [2.45, 2.75) is 51.0 Å². The second-order valence-electron chi connectivity index (χ2n) is 7.15. The molecule has 1 aliphatic carbocycles. The second kappa shape index (κ2) is 10.9. The van der Waals surface area contributed by atoms with Crippen LogP contribution >= 0.6 is 0 Å². The first-order chi connectivity index (χ1) is 13.4. The molecule has 0 unspecified atom stereocenters. The van der Waals surface area contributed by atoms with Gasteiger partial charge in [-0.2, -0.15) is 0 Å². The van der Waals surface area contributed by atoms with Crippen LogP contribution in [0.25, 0.3) is 10.9 Å². The van der Waals surface area contributed by atoms with E-state index in [0.29, 0.717) is 6.10 Å². The van der Waals surface area contributed by atoms with Crippen LogP contribution in [0.1, 0.15) is 44.1 Å². The summed E-state index contributed by atoms with van der Waals surface area (Å²) in [6.45, 7) is 2.53. The highest BCUT2D eigenvalue weighted by Gasteiger charge is 2.13. The SMILES string of the molecule is CN=C(NCCCOC1CCCCC1)NCCc1cccc2cccnc12. The van der Waals surface area contributed by atoms with Gasteiger partial charge in [-0.1, -0.05) is 43.5 Å². The van der Waals surface area contributed by atoms with Crippen LogP contribution in [0.15, 0.2) is 41.5 Å². The molecule has 0 amide bonds. The molecule has 5 heteroatoms. The van der Waals surface area contributed by atoms with Gasteiger partial charge in [0, 0.05) is 38.3 Å². The zero-order valence-electron chi connectivity index (χ0n) is 16.4. The van der Waals surface area contributed by atoms with Gasteiger partial charge in [-0.3, -0.25) is 9.98 Å². The smallest absolute Gasteiger partial charge is 0.190 e. The minimum atomic E-state index is 0.491. The highest BCUT2D eigenvalue weighted by Crippen LogP contribution is 2.20. The van der Waals surface area contributed by atoms with Crippen molar-refractivity contribution in [3.05, 3.63) is 42.1 Å². The number of aromatic nitrogens is 1. The van der Waals surface area contributed by atoms with Gasteiger partial charge in [-0.05, 0) is 37.3 Å². The lowest BCUT2D eigenvalue weighted by Gasteiger charge is -2.22. The zero-order chi connectivity index (χ0) is 18.7. The molecule has 1 aromatic carbocycles. The fourth-order valence-electron chi connectivity index (χ4n) is 3.67. The van der Waals surface area contributed by atoms with Crippen LogP contribution in [0.3, 0.4) is 0 Å². The number of benzene rings is 1. The summed E-state index contributed by atoms with van der Waals surface area (Å²) < 4.78 is 5.97. The van der Waals surface area contributed by atoms with Gasteiger partial charge in [0.1, 0.15) is 0 Å². The van der Waals surface area contributed by atoms with E-state index in [0.717, 1.165) is 44.0 Å². The average molecular weight is 369 g/mol. The van der Waals surface area contributed by atoms with Crippen molar-refractivity contribution in [3.63, 3.8) is 0 Å². The normalized spacial score (nSPS) is 15.8. The summed E-state index contributed by atoms with van der Waals surface area (Å²) in [6.07, 6.45) is 10.8. The number of hydrogen-bond acceptors (Lipinski definition) is 3. The predicted octanol–water partition coefficient (Wildman–Crippen LogP) is 3.68. The molecule has 1 fully saturated rings. The number of nitrogens with zero attached hydrogens (tertiary/aromatic N) is 2. The highest BCUT2D eigenvalue weighted by atomic mass is 16.5. The summed E-state index contributed by atoms with van der Waals surface area (Å²) in [5.41, 5.74) is 2.35. The fraction of sp³-hybridized carbons (Fsp3) is 0.545. The molecular weight excluding hydrogens is 336 g/mol. The number of guanidine groups is 1. The Bertz CT molecular complexity index is 720. The summed E-state index contributed by atoms with van der Waals surface area (Å²) in [5.74, 6) is 0.848. The van der Waals surface area contributed by atoms with Gasteiger partial charge >= 0.3 is 0 Å². The first kappa shape index (κ1) is 19.6. The number of para-hydroxylation sites is 1. The van der Waals surface area contributed by atoms with Crippen molar-refractivity contribution in [2.24, 2.45) is 4.99 Å². The van der Waals surface area contributed by atoms with Gasteiger partial charge in [-0.15, -0.1) is 0 Å². The molecule has 146 valence electrons. The molecule has 0 bridgehead atoms. The monoisotopic (exact) mass is 368 g/mol. The summed E-state index contributed by atoms with van der Waals surface area (Å²) in [4.78, 5) is 8.83. The number of ether oxygens (including phenoxy) is 1. The molecule has 0 radical (unpaired) electrons. The van der Waals surface area contributed by atoms with Gasteiger partial charge in [0.05, 0.1) is 11.6 Å². The van der Waals surface area contributed by atoms with Crippen molar-refractivity contribution in [1.82, 2.24) is 15.6 Å². The molecule has 3 rings (SSSR count). The Morgan fingerprint density at radius 2 is 1.93 bits per heavy atom. The van der Waals surface area contributed by atoms with E-state index in [4.69, 9.17) is 4.74 Å². The summed E-state index contributed by atoms with van der Waals surface area (Å²) in [7, 11) is 1.81. The van der Waals surface area contributed by atoms with Crippen molar-refractivity contribution >= 4 is 16.9 Å². The minimum absolute atomic E-state index is 0.491. The van der Waals surface area contributed by atoms with Crippen LogP contribution in [0, 0.1) is 0 Å². The molecule has 1 aliphatic rings. The largest absolute Gasteiger partial charge is 0.378 e. The number of fused-ring (bicyclic) bond motifs is 1. The standard InChI is InChI=1S/C22H32N4O/c1-23-22(25-15-7-17-27-20-11-3-2-4-12-20)26-16-13-19-9-5-8-18-10-6-14-24-21(18)19/h5-6,8-10,14,20H,2-4,7,11-13,15-17H2,1H3,(H2,23,25,26). The van der Waals surface area contributed by atoms with E-state index in [2.05, 4.69) is 44.9 Å². The van der Waals surface area contributed by atoms with E-state index in [1.165, 1.54) is 43.1 Å². The molecule has 2 N–H and O–H groups in total. The predicted molar refractivity (Wildman–Crippen MR) is 112 cm³/mol. The average Bonchev–Trinajstić information content (AvgIpc) is 2.73. The highest BCUT2D eigenvalue weighted by molar-refractivity contribution is 5.82. The molecule has 1 saturated carbocycles. The van der Waals surface area contributed by atoms with E-state index in [1.54, 1.807) is 0 Å². The number of rotatable bonds is 8. The van der Waals surface area contributed by atoms with Crippen LogP contribution in [0.5, 0.6) is 0 Å². The molecule has 0 aliphatic heterocycles. The minimum Gasteiger partial charge on any atom is -0.378 e. The third kappa shape index (κ3) is 6.21. The molecular formula is C22H32N4O. The molecule has 1 aromatic heterocycles. The molecule has 27 heavy (non-hydrogen) atoms. The van der Waals surface area contributed by atoms with Crippen LogP contribution in [-0.4, -0.2) is 43.8 Å². The van der Waals surface area contributed by atoms with Crippen LogP contribution in [-0.2, 0) is 11.2 Å². The Balaban J connectivity index is 1.34. The number of aliphatic imine (C=N–C) groups is 1. The maximum atomic E-state index is 5.97. The lowest BCUT2D eigenvalue weighted by atomic mass is 9.98. The van der Waals surface area contributed by atoms with E-state index in [1.807, 2.05) is 19.3 Å². The molecule has 2 aromatic rings. The van der Waals surface area contributed by atoms with Gasteiger partial charge in [-0.25, -0.2) is 0 Å². The Morgan fingerprint density at radius 1 is 1.11 bits per heavy atom. The van der Waals surface area contributed by atoms with Crippen molar-refractivity contribution in [1.29, 1.82) is 0 Å². The molecule has 0 saturated heterocycles. The van der Waals surface area contributed by atoms with Crippen molar-refractivity contribution in [3.8, 4) is 0 Å². The number of nitrogens with one attached hydrogen (secondary N) is 2. The lowest BCUT2D eigenvalue weighted by molar-refractivity contribution is 0.0277. The van der Waals surface area contributed by atoms with Crippen LogP contribution in [0.2, 0.25) is 0 Å². The van der Waals surface area contributed by atoms with Gasteiger partial charge in [0.15, 0.2) is 5.96 Å². The Kier molecular flexibility index (Phi) is 7.90. The van der Waals surface area contributed by atoms with E-state index >= 15 is 0 Å². The second-order valence-corrected chi connectivity index (χ2v) is 7.15. The van der Waals surface area contributed by atoms with Crippen LogP contribution < -0.4 is 10.6 Å². The third-order valence-corrected chi connectivity index (χ3v) is 5.15. The van der Waals surface area contributed by atoms with E-state index in [9.17, 15) is 0 Å². The van der Waals surface area contributed by atoms with Crippen molar-refractivity contribution < 1.29 is 4.74 Å². The summed E-state index contributed by atoms with van der Waals surface area (Å²) >= 11 is 0. The van der Waals surface area contributed by atoms with Crippen molar-refractivity contribution in [2.75, 3.05) is 26.7 Å². The zero-order valence-corrected chi connectivity index (χ0v) is 16.4. The number of hydrogen-bond donors (Lipinski definition) is 2. The Labute approximate surface area is 162 Å². The topological polar surface area (TPSA) is 58.5 Å². The Morgan fingerprint density at radius 3 is 2.78 bits per heavy atom. The fourth-order valence-corrected chi connectivity index (χ4v) is 3.67. The van der Waals surface area contributed by atoms with Crippen LogP contribution in [0.4, 0.5) is 0 Å². The van der Waals surface area contributed by atoms with Gasteiger partial charge in [0.25, 0.3) is 0 Å². The van der Waals surface area contributed by atoms with Gasteiger partial charge in [0.2, 0.25) is 0 Å². The third-order valence-electron chi connectivity index (χ3n) is 5.15. The summed E-state index contributed by atoms with van der Waals surface area (Å²) in [5, 5.41) is 7.96. The summed E-state index contributed by atoms with van der Waals surface area (Å²) in [6, 6.07) is 10.4. The van der Waals surface area contributed by atoms with E-state index < -0.39 is 0 Å². The van der Waals surface area contributed by atoms with Gasteiger partial charge < -0.3 is 15.4 Å². The first-order valence-corrected chi connectivity index (χ1v) is 10.3. The Hall–Kier alpha value is -2.14. The molecule has 0 spiro atoms. The quantitative estimate of drug-likeness (QED) is 0.424.